The number of nitrogens with zero attached hydrogens (tertiary/aromatic N) is 2. The summed E-state index contributed by atoms with van der Waals surface area (Å²) in [6.07, 6.45) is 1.55. The van der Waals surface area contributed by atoms with Crippen LogP contribution in [-0.2, 0) is 4.79 Å². The Labute approximate surface area is 122 Å². The Morgan fingerprint density at radius 2 is 2.20 bits per heavy atom. The van der Waals surface area contributed by atoms with Gasteiger partial charge < -0.3 is 10.0 Å². The molecule has 1 aromatic carbocycles. The molecule has 3 rings (SSSR count). The van der Waals surface area contributed by atoms with Gasteiger partial charge in [0.2, 0.25) is 0 Å². The van der Waals surface area contributed by atoms with E-state index in [0.29, 0.717) is 17.3 Å². The highest BCUT2D eigenvalue weighted by Crippen LogP contribution is 2.30. The van der Waals surface area contributed by atoms with Crippen LogP contribution in [0.4, 0.5) is 5.82 Å². The van der Waals surface area contributed by atoms with Crippen LogP contribution in [0.15, 0.2) is 24.3 Å². The minimum Gasteiger partial charge on any atom is -0.480 e. The fraction of sp³-hybridized carbons (Fsp3) is 0.333. The highest BCUT2D eigenvalue weighted by Gasteiger charge is 2.31. The Morgan fingerprint density at radius 3 is 2.95 bits per heavy atom. The van der Waals surface area contributed by atoms with Crippen molar-refractivity contribution in [2.45, 2.75) is 25.8 Å². The maximum Gasteiger partial charge on any atom is 0.326 e. The fourth-order valence-electron chi connectivity index (χ4n) is 2.77. The molecule has 20 heavy (non-hydrogen) atoms. The zero-order valence-corrected chi connectivity index (χ0v) is 11.9. The van der Waals surface area contributed by atoms with Crippen molar-refractivity contribution < 1.29 is 9.90 Å². The average Bonchev–Trinajstić information content (AvgIpc) is 2.92. The van der Waals surface area contributed by atoms with E-state index < -0.39 is 12.0 Å². The number of hydrogen-bond donors (Lipinski definition) is 1. The quantitative estimate of drug-likeness (QED) is 0.922. The molecule has 0 bridgehead atoms. The Hall–Kier alpha value is -1.81. The summed E-state index contributed by atoms with van der Waals surface area (Å²) in [6, 6.07) is 7.09. The average molecular weight is 291 g/mol. The highest BCUT2D eigenvalue weighted by molar-refractivity contribution is 6.35. The van der Waals surface area contributed by atoms with Crippen molar-refractivity contribution >= 4 is 34.3 Å². The molecule has 1 aromatic heterocycles. The number of carboxylic acids is 1. The molecule has 1 aliphatic heterocycles. The molecule has 104 valence electrons. The first-order valence-corrected chi connectivity index (χ1v) is 7.01. The van der Waals surface area contributed by atoms with Crippen molar-refractivity contribution in [1.29, 1.82) is 0 Å². The predicted molar refractivity (Wildman–Crippen MR) is 79.5 cm³/mol. The number of rotatable bonds is 2. The molecule has 0 amide bonds. The van der Waals surface area contributed by atoms with Gasteiger partial charge in [-0.25, -0.2) is 9.78 Å². The van der Waals surface area contributed by atoms with E-state index in [1.807, 2.05) is 36.1 Å². The lowest BCUT2D eigenvalue weighted by Gasteiger charge is -2.23. The molecule has 0 saturated carbocycles. The maximum absolute atomic E-state index is 11.3. The summed E-state index contributed by atoms with van der Waals surface area (Å²) in [6.45, 7) is 2.71. The molecule has 2 aromatic rings. The number of carboxylic acid groups (broad SMARTS) is 1. The van der Waals surface area contributed by atoms with Crippen molar-refractivity contribution in [1.82, 2.24) is 4.98 Å². The minimum absolute atomic E-state index is 0.473. The predicted octanol–water partition coefficient (Wildman–Crippen LogP) is 3.25. The minimum atomic E-state index is -0.785. The van der Waals surface area contributed by atoms with Gasteiger partial charge in [0.25, 0.3) is 0 Å². The molecule has 1 N–H and O–H groups in total. The summed E-state index contributed by atoms with van der Waals surface area (Å²) in [5.41, 5.74) is 1.88. The normalized spacial score (nSPS) is 18.7. The summed E-state index contributed by atoms with van der Waals surface area (Å²) in [5.74, 6) is -0.0695. The van der Waals surface area contributed by atoms with Gasteiger partial charge in [0.15, 0.2) is 0 Å². The molecular weight excluding hydrogens is 276 g/mol. The number of benzene rings is 1. The van der Waals surface area contributed by atoms with Gasteiger partial charge in [0.1, 0.15) is 11.9 Å². The van der Waals surface area contributed by atoms with E-state index in [1.54, 1.807) is 0 Å². The van der Waals surface area contributed by atoms with E-state index in [1.165, 1.54) is 0 Å². The van der Waals surface area contributed by atoms with Gasteiger partial charge >= 0.3 is 5.97 Å². The van der Waals surface area contributed by atoms with Crippen molar-refractivity contribution in [2.75, 3.05) is 11.4 Å². The number of halogens is 1. The molecule has 1 saturated heterocycles. The highest BCUT2D eigenvalue weighted by atomic mass is 35.5. The monoisotopic (exact) mass is 290 g/mol. The van der Waals surface area contributed by atoms with Gasteiger partial charge in [0.05, 0.1) is 5.52 Å². The molecule has 0 radical (unpaired) electrons. The molecule has 4 nitrogen and oxygen atoms in total. The molecule has 0 spiro atoms. The van der Waals surface area contributed by atoms with E-state index in [9.17, 15) is 9.90 Å². The van der Waals surface area contributed by atoms with Gasteiger partial charge in [-0.3, -0.25) is 0 Å². The Kier molecular flexibility index (Phi) is 3.26. The van der Waals surface area contributed by atoms with Crippen LogP contribution in [0, 0.1) is 6.92 Å². The van der Waals surface area contributed by atoms with Gasteiger partial charge in [0, 0.05) is 17.0 Å². The van der Waals surface area contributed by atoms with Crippen molar-refractivity contribution in [2.24, 2.45) is 0 Å². The lowest BCUT2D eigenvalue weighted by atomic mass is 10.1. The van der Waals surface area contributed by atoms with Crippen LogP contribution in [0.3, 0.4) is 0 Å². The first-order valence-electron chi connectivity index (χ1n) is 6.63. The summed E-state index contributed by atoms with van der Waals surface area (Å²) in [7, 11) is 0. The largest absolute Gasteiger partial charge is 0.480 e. The van der Waals surface area contributed by atoms with Crippen LogP contribution >= 0.6 is 11.6 Å². The fourth-order valence-corrected chi connectivity index (χ4v) is 2.98. The van der Waals surface area contributed by atoms with E-state index in [-0.39, 0.29) is 0 Å². The van der Waals surface area contributed by atoms with E-state index >= 15 is 0 Å². The molecule has 0 unspecified atom stereocenters. The second-order valence-corrected chi connectivity index (χ2v) is 5.53. The van der Waals surface area contributed by atoms with Crippen LogP contribution in [0.25, 0.3) is 10.9 Å². The SMILES string of the molecule is Cc1ccc(Cl)c2ccc(N3CCC[C@H]3C(=O)O)nc12. The smallest absolute Gasteiger partial charge is 0.326 e. The zero-order valence-electron chi connectivity index (χ0n) is 11.1. The van der Waals surface area contributed by atoms with Crippen LogP contribution in [0.1, 0.15) is 18.4 Å². The number of aryl methyl sites for hydroxylation is 1. The zero-order chi connectivity index (χ0) is 14.3. The summed E-state index contributed by atoms with van der Waals surface area (Å²) in [5, 5.41) is 10.8. The number of aliphatic carboxylic acids is 1. The number of hydrogen-bond acceptors (Lipinski definition) is 3. The lowest BCUT2D eigenvalue weighted by Crippen LogP contribution is -2.36. The molecular formula is C15H15ClN2O2. The van der Waals surface area contributed by atoms with Crippen molar-refractivity contribution in [3.63, 3.8) is 0 Å². The second-order valence-electron chi connectivity index (χ2n) is 5.12. The van der Waals surface area contributed by atoms with Crippen LogP contribution in [0.2, 0.25) is 5.02 Å². The maximum atomic E-state index is 11.3. The number of pyridine rings is 1. The van der Waals surface area contributed by atoms with Gasteiger partial charge in [-0.2, -0.15) is 0 Å². The Morgan fingerprint density at radius 1 is 1.40 bits per heavy atom. The van der Waals surface area contributed by atoms with Gasteiger partial charge in [-0.15, -0.1) is 0 Å². The number of carbonyl (C=O) groups is 1. The second kappa shape index (κ2) is 4.94. The number of aromatic nitrogens is 1. The summed E-state index contributed by atoms with van der Waals surface area (Å²) < 4.78 is 0. The molecule has 1 atom stereocenters. The topological polar surface area (TPSA) is 53.4 Å². The van der Waals surface area contributed by atoms with Gasteiger partial charge in [-0.1, -0.05) is 17.7 Å². The van der Waals surface area contributed by atoms with Crippen molar-refractivity contribution in [3.05, 3.63) is 34.9 Å². The third-order valence-electron chi connectivity index (χ3n) is 3.82. The van der Waals surface area contributed by atoms with Crippen LogP contribution < -0.4 is 4.90 Å². The molecule has 5 heteroatoms. The summed E-state index contributed by atoms with van der Waals surface area (Å²) in [4.78, 5) is 17.8. The third-order valence-corrected chi connectivity index (χ3v) is 4.15. The molecule has 1 aliphatic rings. The van der Waals surface area contributed by atoms with Crippen molar-refractivity contribution in [3.8, 4) is 0 Å². The lowest BCUT2D eigenvalue weighted by molar-refractivity contribution is -0.138. The number of anilines is 1. The first kappa shape index (κ1) is 13.2. The van der Waals surface area contributed by atoms with Crippen LogP contribution in [0.5, 0.6) is 0 Å². The summed E-state index contributed by atoms with van der Waals surface area (Å²) >= 11 is 6.17. The standard InChI is InChI=1S/C15H15ClN2O2/c1-9-4-6-11(16)10-5-7-13(17-14(9)10)18-8-2-3-12(18)15(19)20/h4-7,12H,2-3,8H2,1H3,(H,19,20)/t12-/m0/s1. The Balaban J connectivity index is 2.09. The molecule has 1 fully saturated rings. The van der Waals surface area contributed by atoms with Crippen LogP contribution in [-0.4, -0.2) is 28.6 Å². The molecule has 0 aliphatic carbocycles. The first-order chi connectivity index (χ1) is 9.58. The number of fused-ring (bicyclic) bond motifs is 1. The van der Waals surface area contributed by atoms with E-state index in [2.05, 4.69) is 4.98 Å². The van der Waals surface area contributed by atoms with E-state index in [0.717, 1.165) is 29.4 Å². The third kappa shape index (κ3) is 2.10. The molecule has 2 heterocycles. The van der Waals surface area contributed by atoms with E-state index in [4.69, 9.17) is 11.6 Å². The Bertz CT molecular complexity index is 687. The van der Waals surface area contributed by atoms with Gasteiger partial charge in [-0.05, 0) is 43.5 Å².